The fraction of sp³-hybridized carbons (Fsp3) is 0.111. The maximum atomic E-state index is 12.6. The first-order valence-electron chi connectivity index (χ1n) is 7.14. The van der Waals surface area contributed by atoms with Gasteiger partial charge in [-0.3, -0.25) is 4.79 Å². The molecular weight excluding hydrogens is 308 g/mol. The summed E-state index contributed by atoms with van der Waals surface area (Å²) in [4.78, 5) is 17.7. The number of aryl methyl sites for hydroxylation is 1. The lowest BCUT2D eigenvalue weighted by Crippen LogP contribution is -2.14. The van der Waals surface area contributed by atoms with Gasteiger partial charge >= 0.3 is 0 Å². The molecule has 0 aliphatic carbocycles. The van der Waals surface area contributed by atoms with E-state index in [1.807, 2.05) is 55.5 Å². The van der Waals surface area contributed by atoms with Gasteiger partial charge in [-0.05, 0) is 30.2 Å². The molecule has 0 bridgehead atoms. The molecule has 0 fully saturated rings. The van der Waals surface area contributed by atoms with E-state index in [1.165, 1.54) is 11.3 Å². The Kier molecular flexibility index (Phi) is 4.39. The highest BCUT2D eigenvalue weighted by Crippen LogP contribution is 2.30. The first kappa shape index (κ1) is 15.2. The minimum absolute atomic E-state index is 0.242. The van der Waals surface area contributed by atoms with Gasteiger partial charge in [-0.1, -0.05) is 36.4 Å². The Labute approximate surface area is 138 Å². The van der Waals surface area contributed by atoms with Gasteiger partial charge in [0.1, 0.15) is 11.4 Å². The molecule has 2 aromatic carbocycles. The molecule has 3 aromatic rings. The molecule has 0 radical (unpaired) electrons. The van der Waals surface area contributed by atoms with Crippen LogP contribution in [0, 0.1) is 6.92 Å². The van der Waals surface area contributed by atoms with Gasteiger partial charge in [-0.2, -0.15) is 0 Å². The van der Waals surface area contributed by atoms with Crippen LogP contribution < -0.4 is 10.1 Å². The number of rotatable bonds is 4. The van der Waals surface area contributed by atoms with Gasteiger partial charge in [-0.15, -0.1) is 11.3 Å². The summed E-state index contributed by atoms with van der Waals surface area (Å²) in [7, 11) is 1.58. The number of methoxy groups -OCH3 is 1. The molecule has 5 heteroatoms. The lowest BCUT2D eigenvalue weighted by atomic mass is 10.1. The number of thiazole rings is 1. The smallest absolute Gasteiger partial charge is 0.275 e. The standard InChI is InChI=1S/C18H16N2O2S/c1-12-8-9-15(22-2)14(10-12)20-18(21)16-17(23-11-19-16)13-6-4-3-5-7-13/h3-11H,1-2H3,(H,20,21). The van der Waals surface area contributed by atoms with E-state index >= 15 is 0 Å². The van der Waals surface area contributed by atoms with Crippen molar-refractivity contribution < 1.29 is 9.53 Å². The van der Waals surface area contributed by atoms with Gasteiger partial charge in [0, 0.05) is 0 Å². The Morgan fingerprint density at radius 1 is 1.17 bits per heavy atom. The summed E-state index contributed by atoms with van der Waals surface area (Å²) < 4.78 is 5.30. The Bertz CT molecular complexity index is 828. The highest BCUT2D eigenvalue weighted by Gasteiger charge is 2.17. The van der Waals surface area contributed by atoms with Crippen LogP contribution in [0.4, 0.5) is 5.69 Å². The molecule has 0 unspecified atom stereocenters. The fourth-order valence-corrected chi connectivity index (χ4v) is 3.10. The number of carbonyl (C=O) groups excluding carboxylic acids is 1. The van der Waals surface area contributed by atoms with E-state index in [0.29, 0.717) is 17.1 Å². The predicted molar refractivity (Wildman–Crippen MR) is 93.2 cm³/mol. The zero-order valence-electron chi connectivity index (χ0n) is 12.9. The zero-order chi connectivity index (χ0) is 16.2. The normalized spacial score (nSPS) is 10.3. The number of aromatic nitrogens is 1. The summed E-state index contributed by atoms with van der Waals surface area (Å²) in [5.74, 6) is 0.384. The SMILES string of the molecule is COc1ccc(C)cc1NC(=O)c1ncsc1-c1ccccc1. The molecule has 0 saturated heterocycles. The molecule has 1 heterocycles. The number of anilines is 1. The van der Waals surface area contributed by atoms with Gasteiger partial charge in [0.05, 0.1) is 23.2 Å². The van der Waals surface area contributed by atoms with Crippen molar-refractivity contribution in [3.05, 3.63) is 65.3 Å². The fourth-order valence-electron chi connectivity index (χ4n) is 2.30. The van der Waals surface area contributed by atoms with Crippen molar-refractivity contribution in [2.75, 3.05) is 12.4 Å². The van der Waals surface area contributed by atoms with Crippen LogP contribution in [0.15, 0.2) is 54.0 Å². The molecule has 0 aliphatic rings. The van der Waals surface area contributed by atoms with Crippen molar-refractivity contribution in [1.82, 2.24) is 4.98 Å². The van der Waals surface area contributed by atoms with Gasteiger partial charge in [0.25, 0.3) is 5.91 Å². The minimum atomic E-state index is -0.242. The maximum absolute atomic E-state index is 12.6. The number of ether oxygens (including phenoxy) is 1. The van der Waals surface area contributed by atoms with E-state index in [-0.39, 0.29) is 5.91 Å². The van der Waals surface area contributed by atoms with Crippen molar-refractivity contribution in [3.8, 4) is 16.2 Å². The molecule has 3 rings (SSSR count). The predicted octanol–water partition coefficient (Wildman–Crippen LogP) is 4.38. The Balaban J connectivity index is 1.91. The number of hydrogen-bond donors (Lipinski definition) is 1. The summed E-state index contributed by atoms with van der Waals surface area (Å²) in [6.07, 6.45) is 0. The molecule has 1 N–H and O–H groups in total. The molecule has 23 heavy (non-hydrogen) atoms. The van der Waals surface area contributed by atoms with E-state index in [1.54, 1.807) is 12.6 Å². The van der Waals surface area contributed by atoms with Crippen LogP contribution in [0.25, 0.3) is 10.4 Å². The number of carbonyl (C=O) groups is 1. The minimum Gasteiger partial charge on any atom is -0.495 e. The summed E-state index contributed by atoms with van der Waals surface area (Å²) in [6, 6.07) is 15.4. The largest absolute Gasteiger partial charge is 0.495 e. The second-order valence-electron chi connectivity index (χ2n) is 5.05. The molecule has 4 nitrogen and oxygen atoms in total. The second-order valence-corrected chi connectivity index (χ2v) is 5.91. The van der Waals surface area contributed by atoms with Gasteiger partial charge in [-0.25, -0.2) is 4.98 Å². The lowest BCUT2D eigenvalue weighted by molar-refractivity contribution is 0.102. The molecule has 1 aromatic heterocycles. The van der Waals surface area contributed by atoms with E-state index in [2.05, 4.69) is 10.3 Å². The molecule has 0 saturated carbocycles. The van der Waals surface area contributed by atoms with Crippen molar-refractivity contribution in [2.24, 2.45) is 0 Å². The van der Waals surface area contributed by atoms with Crippen LogP contribution >= 0.6 is 11.3 Å². The quantitative estimate of drug-likeness (QED) is 0.775. The monoisotopic (exact) mass is 324 g/mol. The van der Waals surface area contributed by atoms with Crippen LogP contribution in [0.2, 0.25) is 0 Å². The van der Waals surface area contributed by atoms with Crippen LogP contribution in [0.5, 0.6) is 5.75 Å². The summed E-state index contributed by atoms with van der Waals surface area (Å²) in [5.41, 5.74) is 4.78. The van der Waals surface area contributed by atoms with Crippen molar-refractivity contribution in [2.45, 2.75) is 6.92 Å². The van der Waals surface area contributed by atoms with Gasteiger partial charge in [0.2, 0.25) is 0 Å². The molecule has 1 amide bonds. The van der Waals surface area contributed by atoms with Gasteiger partial charge < -0.3 is 10.1 Å². The Hall–Kier alpha value is -2.66. The maximum Gasteiger partial charge on any atom is 0.275 e. The van der Waals surface area contributed by atoms with Gasteiger partial charge in [0.15, 0.2) is 0 Å². The molecule has 0 spiro atoms. The average molecular weight is 324 g/mol. The highest BCUT2D eigenvalue weighted by atomic mass is 32.1. The van der Waals surface area contributed by atoms with E-state index in [0.717, 1.165) is 16.0 Å². The number of amides is 1. The van der Waals surface area contributed by atoms with E-state index in [4.69, 9.17) is 4.74 Å². The number of benzene rings is 2. The highest BCUT2D eigenvalue weighted by molar-refractivity contribution is 7.13. The first-order valence-corrected chi connectivity index (χ1v) is 8.02. The summed E-state index contributed by atoms with van der Waals surface area (Å²) in [6.45, 7) is 1.97. The van der Waals surface area contributed by atoms with E-state index in [9.17, 15) is 4.79 Å². The Morgan fingerprint density at radius 3 is 2.70 bits per heavy atom. The van der Waals surface area contributed by atoms with Crippen LogP contribution in [0.3, 0.4) is 0 Å². The lowest BCUT2D eigenvalue weighted by Gasteiger charge is -2.11. The van der Waals surface area contributed by atoms with Crippen molar-refractivity contribution in [1.29, 1.82) is 0 Å². The molecular formula is C18H16N2O2S. The molecule has 0 atom stereocenters. The summed E-state index contributed by atoms with van der Waals surface area (Å²) in [5, 5.41) is 2.90. The second kappa shape index (κ2) is 6.62. The molecule has 0 aliphatic heterocycles. The number of nitrogens with zero attached hydrogens (tertiary/aromatic N) is 1. The van der Waals surface area contributed by atoms with Crippen LogP contribution in [-0.4, -0.2) is 18.0 Å². The first-order chi connectivity index (χ1) is 11.2. The van der Waals surface area contributed by atoms with Crippen molar-refractivity contribution in [3.63, 3.8) is 0 Å². The molecule has 116 valence electrons. The third-order valence-electron chi connectivity index (χ3n) is 3.42. The van der Waals surface area contributed by atoms with Crippen LogP contribution in [0.1, 0.15) is 16.1 Å². The van der Waals surface area contributed by atoms with E-state index < -0.39 is 0 Å². The topological polar surface area (TPSA) is 51.2 Å². The third kappa shape index (κ3) is 3.24. The summed E-state index contributed by atoms with van der Waals surface area (Å²) >= 11 is 1.45. The Morgan fingerprint density at radius 2 is 1.96 bits per heavy atom. The van der Waals surface area contributed by atoms with Crippen LogP contribution in [-0.2, 0) is 0 Å². The number of hydrogen-bond acceptors (Lipinski definition) is 4. The zero-order valence-corrected chi connectivity index (χ0v) is 13.7. The van der Waals surface area contributed by atoms with Crippen molar-refractivity contribution >= 4 is 22.9 Å². The average Bonchev–Trinajstić information content (AvgIpc) is 3.05. The third-order valence-corrected chi connectivity index (χ3v) is 4.30. The number of nitrogens with one attached hydrogen (secondary N) is 1.